The predicted octanol–water partition coefficient (Wildman–Crippen LogP) is 2.77. The lowest BCUT2D eigenvalue weighted by Gasteiger charge is -2.17. The second-order valence-electron chi connectivity index (χ2n) is 4.70. The van der Waals surface area contributed by atoms with Crippen LogP contribution in [0.5, 0.6) is 0 Å². The van der Waals surface area contributed by atoms with E-state index in [0.29, 0.717) is 6.54 Å². The van der Waals surface area contributed by atoms with Crippen molar-refractivity contribution in [1.82, 2.24) is 10.6 Å². The van der Waals surface area contributed by atoms with Crippen LogP contribution in [0.1, 0.15) is 19.4 Å². The zero-order chi connectivity index (χ0) is 13.5. The van der Waals surface area contributed by atoms with Crippen LogP contribution in [0.3, 0.4) is 0 Å². The maximum absolute atomic E-state index is 11.8. The van der Waals surface area contributed by atoms with Gasteiger partial charge in [-0.25, -0.2) is 0 Å². The zero-order valence-electron chi connectivity index (χ0n) is 11.6. The first-order valence-electron chi connectivity index (χ1n) is 6.22. The molecular weight excluding hydrogens is 328 g/mol. The van der Waals surface area contributed by atoms with E-state index in [0.717, 1.165) is 10.9 Å². The van der Waals surface area contributed by atoms with Gasteiger partial charge in [-0.1, -0.05) is 35.0 Å². The van der Waals surface area contributed by atoms with Crippen LogP contribution in [0.25, 0.3) is 0 Å². The SMILES string of the molecule is CNCC(C)C(=O)NC(C)Cc1ccc(Br)cc1.Cl. The minimum atomic E-state index is 0. The lowest BCUT2D eigenvalue weighted by atomic mass is 10.1. The van der Waals surface area contributed by atoms with Crippen LogP contribution in [0, 0.1) is 5.92 Å². The first-order valence-corrected chi connectivity index (χ1v) is 7.01. The largest absolute Gasteiger partial charge is 0.353 e. The van der Waals surface area contributed by atoms with Gasteiger partial charge in [-0.05, 0) is 38.1 Å². The molecule has 0 saturated heterocycles. The minimum Gasteiger partial charge on any atom is -0.353 e. The molecule has 0 spiro atoms. The number of hydrogen-bond acceptors (Lipinski definition) is 2. The third-order valence-corrected chi connectivity index (χ3v) is 3.33. The average Bonchev–Trinajstić information content (AvgIpc) is 2.32. The van der Waals surface area contributed by atoms with Crippen molar-refractivity contribution < 1.29 is 4.79 Å². The molecule has 1 rings (SSSR count). The Hall–Kier alpha value is -0.580. The van der Waals surface area contributed by atoms with Gasteiger partial charge >= 0.3 is 0 Å². The van der Waals surface area contributed by atoms with Crippen LogP contribution in [0.4, 0.5) is 0 Å². The maximum Gasteiger partial charge on any atom is 0.224 e. The van der Waals surface area contributed by atoms with Crippen molar-refractivity contribution >= 4 is 34.2 Å². The molecule has 0 heterocycles. The summed E-state index contributed by atoms with van der Waals surface area (Å²) in [5.41, 5.74) is 1.23. The summed E-state index contributed by atoms with van der Waals surface area (Å²) in [5, 5.41) is 6.05. The quantitative estimate of drug-likeness (QED) is 0.829. The van der Waals surface area contributed by atoms with Crippen LogP contribution in [-0.4, -0.2) is 25.5 Å². The molecule has 0 aliphatic carbocycles. The van der Waals surface area contributed by atoms with E-state index in [1.807, 2.05) is 33.0 Å². The zero-order valence-corrected chi connectivity index (χ0v) is 14.0. The number of carbonyl (C=O) groups is 1. The number of rotatable bonds is 6. The Kier molecular flexibility index (Phi) is 9.06. The van der Waals surface area contributed by atoms with Gasteiger partial charge in [-0.15, -0.1) is 12.4 Å². The van der Waals surface area contributed by atoms with Crippen LogP contribution in [0.2, 0.25) is 0 Å². The van der Waals surface area contributed by atoms with Crippen LogP contribution in [-0.2, 0) is 11.2 Å². The van der Waals surface area contributed by atoms with Crippen LogP contribution in [0.15, 0.2) is 28.7 Å². The molecule has 0 radical (unpaired) electrons. The maximum atomic E-state index is 11.8. The lowest BCUT2D eigenvalue weighted by molar-refractivity contribution is -0.124. The van der Waals surface area contributed by atoms with Crippen LogP contribution >= 0.6 is 28.3 Å². The Morgan fingerprint density at radius 3 is 2.37 bits per heavy atom. The highest BCUT2D eigenvalue weighted by molar-refractivity contribution is 9.10. The first kappa shape index (κ1) is 18.4. The fraction of sp³-hybridized carbons (Fsp3) is 0.500. The van der Waals surface area contributed by atoms with E-state index in [1.54, 1.807) is 0 Å². The first-order chi connectivity index (χ1) is 8.52. The molecule has 1 amide bonds. The van der Waals surface area contributed by atoms with Crippen molar-refractivity contribution in [2.24, 2.45) is 5.92 Å². The lowest BCUT2D eigenvalue weighted by Crippen LogP contribution is -2.40. The van der Waals surface area contributed by atoms with Crippen molar-refractivity contribution in [3.8, 4) is 0 Å². The Bertz CT molecular complexity index is 384. The summed E-state index contributed by atoms with van der Waals surface area (Å²) in [6, 6.07) is 8.34. The summed E-state index contributed by atoms with van der Waals surface area (Å²) in [6.07, 6.45) is 0.852. The number of amides is 1. The van der Waals surface area contributed by atoms with Gasteiger partial charge < -0.3 is 10.6 Å². The van der Waals surface area contributed by atoms with E-state index >= 15 is 0 Å². The smallest absolute Gasteiger partial charge is 0.224 e. The molecule has 2 unspecified atom stereocenters. The van der Waals surface area contributed by atoms with Crippen molar-refractivity contribution in [3.05, 3.63) is 34.3 Å². The predicted molar refractivity (Wildman–Crippen MR) is 85.8 cm³/mol. The molecule has 2 N–H and O–H groups in total. The number of carbonyl (C=O) groups excluding carboxylic acids is 1. The van der Waals surface area contributed by atoms with E-state index in [4.69, 9.17) is 0 Å². The highest BCUT2D eigenvalue weighted by Gasteiger charge is 2.14. The number of hydrogen-bond donors (Lipinski definition) is 2. The van der Waals surface area contributed by atoms with Gasteiger partial charge in [0.25, 0.3) is 0 Å². The number of benzene rings is 1. The molecule has 0 aliphatic rings. The molecule has 1 aromatic carbocycles. The summed E-state index contributed by atoms with van der Waals surface area (Å²) in [7, 11) is 1.86. The van der Waals surface area contributed by atoms with Crippen molar-refractivity contribution in [3.63, 3.8) is 0 Å². The average molecular weight is 350 g/mol. The van der Waals surface area contributed by atoms with E-state index in [-0.39, 0.29) is 30.3 Å². The van der Waals surface area contributed by atoms with Crippen molar-refractivity contribution in [2.45, 2.75) is 26.3 Å². The molecule has 1 aromatic rings. The highest BCUT2D eigenvalue weighted by atomic mass is 79.9. The molecule has 19 heavy (non-hydrogen) atoms. The Morgan fingerprint density at radius 1 is 1.26 bits per heavy atom. The Balaban J connectivity index is 0.00000324. The van der Waals surface area contributed by atoms with Gasteiger partial charge in [0.15, 0.2) is 0 Å². The minimum absolute atomic E-state index is 0. The molecule has 0 aliphatic heterocycles. The Labute approximate surface area is 130 Å². The topological polar surface area (TPSA) is 41.1 Å². The van der Waals surface area contributed by atoms with E-state index in [1.165, 1.54) is 5.56 Å². The summed E-state index contributed by atoms with van der Waals surface area (Å²) in [6.45, 7) is 4.67. The molecule has 0 bridgehead atoms. The molecule has 2 atom stereocenters. The van der Waals surface area contributed by atoms with Gasteiger partial charge in [0.2, 0.25) is 5.91 Å². The molecule has 0 aromatic heterocycles. The van der Waals surface area contributed by atoms with E-state index < -0.39 is 0 Å². The number of halogens is 2. The fourth-order valence-electron chi connectivity index (χ4n) is 1.81. The fourth-order valence-corrected chi connectivity index (χ4v) is 2.07. The molecule has 0 fully saturated rings. The van der Waals surface area contributed by atoms with Crippen molar-refractivity contribution in [1.29, 1.82) is 0 Å². The van der Waals surface area contributed by atoms with Gasteiger partial charge in [0, 0.05) is 23.0 Å². The monoisotopic (exact) mass is 348 g/mol. The van der Waals surface area contributed by atoms with Gasteiger partial charge in [0.1, 0.15) is 0 Å². The third-order valence-electron chi connectivity index (χ3n) is 2.80. The normalized spacial score (nSPS) is 13.3. The molecule has 3 nitrogen and oxygen atoms in total. The second kappa shape index (κ2) is 9.34. The summed E-state index contributed by atoms with van der Waals surface area (Å²) >= 11 is 3.41. The molecule has 108 valence electrons. The Morgan fingerprint density at radius 2 is 1.84 bits per heavy atom. The van der Waals surface area contributed by atoms with Gasteiger partial charge in [0.05, 0.1) is 0 Å². The summed E-state index contributed by atoms with van der Waals surface area (Å²) < 4.78 is 1.07. The van der Waals surface area contributed by atoms with Crippen molar-refractivity contribution in [2.75, 3.05) is 13.6 Å². The summed E-state index contributed by atoms with van der Waals surface area (Å²) in [4.78, 5) is 11.8. The van der Waals surface area contributed by atoms with E-state index in [2.05, 4.69) is 38.7 Å². The van der Waals surface area contributed by atoms with Gasteiger partial charge in [-0.2, -0.15) is 0 Å². The standard InChI is InChI=1S/C14H21BrN2O.ClH/c1-10(9-16-3)14(18)17-11(2)8-12-4-6-13(15)7-5-12;/h4-7,10-11,16H,8-9H2,1-3H3,(H,17,18);1H. The molecule has 0 saturated carbocycles. The number of nitrogens with one attached hydrogen (secondary N) is 2. The summed E-state index contributed by atoms with van der Waals surface area (Å²) in [5.74, 6) is 0.108. The third kappa shape index (κ3) is 6.95. The second-order valence-corrected chi connectivity index (χ2v) is 5.61. The molecular formula is C14H22BrClN2O. The van der Waals surface area contributed by atoms with E-state index in [9.17, 15) is 4.79 Å². The highest BCUT2D eigenvalue weighted by Crippen LogP contribution is 2.12. The van der Waals surface area contributed by atoms with Gasteiger partial charge in [-0.3, -0.25) is 4.79 Å². The van der Waals surface area contributed by atoms with Crippen LogP contribution < -0.4 is 10.6 Å². The molecule has 5 heteroatoms.